The Balaban J connectivity index is 1.43. The molecule has 2 aromatic carbocycles. The second-order valence-electron chi connectivity index (χ2n) is 8.64. The molecule has 0 aliphatic rings. The number of nitrogens with one attached hydrogen (secondary N) is 1. The van der Waals surface area contributed by atoms with Crippen molar-refractivity contribution in [2.75, 3.05) is 12.3 Å². The normalized spacial score (nSPS) is 11.1. The van der Waals surface area contributed by atoms with Crippen molar-refractivity contribution in [1.29, 1.82) is 0 Å². The average molecular weight is 566 g/mol. The van der Waals surface area contributed by atoms with E-state index in [4.69, 9.17) is 15.2 Å². The Labute approximate surface area is 228 Å². The molecule has 0 amide bonds. The number of fused-ring (bicyclic) bond motifs is 1. The van der Waals surface area contributed by atoms with E-state index in [0.717, 1.165) is 12.1 Å². The SMILES string of the molecule is Cc1cc(Oc2c(F)cccc2F)ncc1-n1ncc(C(=O)c2cc3cc(OCC(F)F)c(N=C=O)cc3[nH]2)c1N. The lowest BCUT2D eigenvalue weighted by atomic mass is 10.1. The summed E-state index contributed by atoms with van der Waals surface area (Å²) in [5.41, 5.74) is 7.59. The molecule has 0 spiro atoms. The van der Waals surface area contributed by atoms with E-state index in [2.05, 4.69) is 20.1 Å². The monoisotopic (exact) mass is 566 g/mol. The molecule has 10 nitrogen and oxygen atoms in total. The summed E-state index contributed by atoms with van der Waals surface area (Å²) < 4.78 is 64.7. The highest BCUT2D eigenvalue weighted by Gasteiger charge is 2.22. The summed E-state index contributed by atoms with van der Waals surface area (Å²) in [7, 11) is 0. The predicted octanol–water partition coefficient (Wildman–Crippen LogP) is 5.55. The van der Waals surface area contributed by atoms with Gasteiger partial charge in [0.1, 0.15) is 23.9 Å². The molecule has 0 bridgehead atoms. The standard InChI is InChI=1S/C27H18F4N6O4/c1-13-5-24(41-26-16(28)3-2-4-17(26)29)33-10-21(13)37-27(32)15(9-35-37)25(39)20-6-14-7-22(40-11-23(30)31)19(34-12-38)8-18(14)36-20/h2-10,23,36H,11,32H2,1H3. The fourth-order valence-electron chi connectivity index (χ4n) is 4.03. The number of carbonyl (C=O) groups is 1. The van der Waals surface area contributed by atoms with E-state index in [1.807, 2.05) is 0 Å². The molecule has 5 rings (SSSR count). The number of pyridine rings is 1. The van der Waals surface area contributed by atoms with Crippen LogP contribution in [0.2, 0.25) is 0 Å². The minimum atomic E-state index is -2.75. The topological polar surface area (TPSA) is 137 Å². The van der Waals surface area contributed by atoms with Crippen LogP contribution in [0.1, 0.15) is 21.6 Å². The van der Waals surface area contributed by atoms with Gasteiger partial charge in [0.2, 0.25) is 23.5 Å². The number of hydrogen-bond acceptors (Lipinski definition) is 8. The number of rotatable bonds is 9. The lowest BCUT2D eigenvalue weighted by Crippen LogP contribution is -2.09. The summed E-state index contributed by atoms with van der Waals surface area (Å²) >= 11 is 0. The van der Waals surface area contributed by atoms with Gasteiger partial charge in [-0.2, -0.15) is 10.1 Å². The highest BCUT2D eigenvalue weighted by Crippen LogP contribution is 2.34. The van der Waals surface area contributed by atoms with Gasteiger partial charge in [0.15, 0.2) is 11.6 Å². The quantitative estimate of drug-likeness (QED) is 0.103. The van der Waals surface area contributed by atoms with Crippen LogP contribution in [0.5, 0.6) is 17.4 Å². The molecule has 0 radical (unpaired) electrons. The molecule has 14 heteroatoms. The van der Waals surface area contributed by atoms with E-state index in [1.54, 1.807) is 6.92 Å². The van der Waals surface area contributed by atoms with Crippen LogP contribution in [0.4, 0.5) is 29.1 Å². The Hall–Kier alpha value is -5.49. The Morgan fingerprint density at radius 2 is 1.93 bits per heavy atom. The van der Waals surface area contributed by atoms with Crippen LogP contribution >= 0.6 is 0 Å². The molecular formula is C27H18F4N6O4. The van der Waals surface area contributed by atoms with Crippen molar-refractivity contribution in [1.82, 2.24) is 19.7 Å². The molecule has 3 N–H and O–H groups in total. The summed E-state index contributed by atoms with van der Waals surface area (Å²) in [6.07, 6.45) is 1.16. The first-order chi connectivity index (χ1) is 19.7. The van der Waals surface area contributed by atoms with Crippen molar-refractivity contribution >= 4 is 34.3 Å². The largest absolute Gasteiger partial charge is 0.485 e. The number of aliphatic imine (C=N–C) groups is 1. The number of ketones is 1. The van der Waals surface area contributed by atoms with Gasteiger partial charge in [-0.25, -0.2) is 32.0 Å². The van der Waals surface area contributed by atoms with Gasteiger partial charge < -0.3 is 20.2 Å². The van der Waals surface area contributed by atoms with Crippen molar-refractivity contribution in [3.05, 3.63) is 83.3 Å². The van der Waals surface area contributed by atoms with Crippen molar-refractivity contribution in [3.8, 4) is 23.1 Å². The minimum absolute atomic E-state index is 0.0282. The van der Waals surface area contributed by atoms with Crippen LogP contribution in [0.15, 0.2) is 59.9 Å². The zero-order valence-corrected chi connectivity index (χ0v) is 21.0. The number of nitrogens with zero attached hydrogens (tertiary/aromatic N) is 4. The summed E-state index contributed by atoms with van der Waals surface area (Å²) in [5, 5.41) is 4.62. The van der Waals surface area contributed by atoms with Gasteiger partial charge in [-0.3, -0.25) is 4.79 Å². The second-order valence-corrected chi connectivity index (χ2v) is 8.64. The smallest absolute Gasteiger partial charge is 0.272 e. The van der Waals surface area contributed by atoms with Crippen LogP contribution in [0.3, 0.4) is 0 Å². The van der Waals surface area contributed by atoms with Crippen molar-refractivity contribution < 1.29 is 36.6 Å². The third-order valence-corrected chi connectivity index (χ3v) is 5.94. The first kappa shape index (κ1) is 27.1. The zero-order valence-electron chi connectivity index (χ0n) is 21.0. The molecule has 0 unspecified atom stereocenters. The van der Waals surface area contributed by atoms with E-state index >= 15 is 0 Å². The van der Waals surface area contributed by atoms with Gasteiger partial charge in [0.25, 0.3) is 6.43 Å². The highest BCUT2D eigenvalue weighted by molar-refractivity contribution is 6.12. The summed E-state index contributed by atoms with van der Waals surface area (Å²) in [5.74, 6) is -3.12. The van der Waals surface area contributed by atoms with Gasteiger partial charge in [-0.05, 0) is 42.8 Å². The number of halogens is 4. The summed E-state index contributed by atoms with van der Waals surface area (Å²) in [4.78, 5) is 34.5. The number of benzene rings is 2. The maximum atomic E-state index is 13.9. The molecule has 3 heterocycles. The summed E-state index contributed by atoms with van der Waals surface area (Å²) in [6.45, 7) is 0.745. The first-order valence-corrected chi connectivity index (χ1v) is 11.8. The fourth-order valence-corrected chi connectivity index (χ4v) is 4.03. The Morgan fingerprint density at radius 3 is 2.61 bits per heavy atom. The number of aromatic nitrogens is 4. The number of H-pyrrole nitrogens is 1. The van der Waals surface area contributed by atoms with E-state index in [1.165, 1.54) is 53.5 Å². The third kappa shape index (κ3) is 5.36. The van der Waals surface area contributed by atoms with Crippen LogP contribution in [-0.2, 0) is 4.79 Å². The van der Waals surface area contributed by atoms with E-state index in [9.17, 15) is 27.2 Å². The van der Waals surface area contributed by atoms with Gasteiger partial charge in [-0.1, -0.05) is 6.07 Å². The maximum Gasteiger partial charge on any atom is 0.272 e. The van der Waals surface area contributed by atoms with Crippen molar-refractivity contribution in [3.63, 3.8) is 0 Å². The van der Waals surface area contributed by atoms with Crippen molar-refractivity contribution in [2.24, 2.45) is 4.99 Å². The Morgan fingerprint density at radius 1 is 1.17 bits per heavy atom. The van der Waals surface area contributed by atoms with Crippen LogP contribution < -0.4 is 15.2 Å². The number of aromatic amines is 1. The van der Waals surface area contributed by atoms with Gasteiger partial charge >= 0.3 is 0 Å². The molecule has 0 saturated heterocycles. The number of anilines is 1. The Bertz CT molecular complexity index is 1830. The van der Waals surface area contributed by atoms with Gasteiger partial charge in [0.05, 0.1) is 29.3 Å². The Kier molecular flexibility index (Phi) is 7.23. The molecule has 0 saturated carbocycles. The second kappa shape index (κ2) is 10.9. The predicted molar refractivity (Wildman–Crippen MR) is 138 cm³/mol. The van der Waals surface area contributed by atoms with Crippen molar-refractivity contribution in [2.45, 2.75) is 13.3 Å². The lowest BCUT2D eigenvalue weighted by molar-refractivity contribution is 0.0823. The van der Waals surface area contributed by atoms with E-state index < -0.39 is 36.2 Å². The first-order valence-electron chi connectivity index (χ1n) is 11.8. The molecule has 41 heavy (non-hydrogen) atoms. The molecule has 5 aromatic rings. The number of nitrogen functional groups attached to an aromatic ring is 1. The minimum Gasteiger partial charge on any atom is -0.485 e. The number of isocyanates is 1. The maximum absolute atomic E-state index is 13.9. The molecule has 0 fully saturated rings. The van der Waals surface area contributed by atoms with Crippen LogP contribution in [0, 0.1) is 18.6 Å². The number of alkyl halides is 2. The van der Waals surface area contributed by atoms with E-state index in [-0.39, 0.29) is 34.4 Å². The molecule has 208 valence electrons. The van der Waals surface area contributed by atoms with Crippen LogP contribution in [-0.4, -0.2) is 44.6 Å². The molecular weight excluding hydrogens is 548 g/mol. The number of hydrogen-bond donors (Lipinski definition) is 2. The average Bonchev–Trinajstić information content (AvgIpc) is 3.52. The zero-order chi connectivity index (χ0) is 29.3. The molecule has 0 aliphatic heterocycles. The summed E-state index contributed by atoms with van der Waals surface area (Å²) in [6, 6.07) is 8.91. The van der Waals surface area contributed by atoms with E-state index in [0.29, 0.717) is 22.2 Å². The molecule has 3 aromatic heterocycles. The fraction of sp³-hybridized carbons (Fsp3) is 0.111. The van der Waals surface area contributed by atoms with Gasteiger partial charge in [-0.15, -0.1) is 0 Å². The van der Waals surface area contributed by atoms with Gasteiger partial charge in [0, 0.05) is 17.0 Å². The third-order valence-electron chi connectivity index (χ3n) is 5.94. The molecule has 0 aliphatic carbocycles. The highest BCUT2D eigenvalue weighted by atomic mass is 19.3. The van der Waals surface area contributed by atoms with Crippen LogP contribution in [0.25, 0.3) is 16.6 Å². The molecule has 0 atom stereocenters. The number of aryl methyl sites for hydroxylation is 1. The number of nitrogens with two attached hydrogens (primary N) is 1. The number of para-hydroxylation sites is 1. The number of carbonyl (C=O) groups excluding carboxylic acids is 2. The number of ether oxygens (including phenoxy) is 2. The lowest BCUT2D eigenvalue weighted by Gasteiger charge is -2.11.